The molecule has 0 saturated heterocycles. The molecular formula is C12H18BrN3O2. The standard InChI is InChI=1S/C12H18BrN3O2/c1-3-8(7-12(14)16-17)15-9-4-5-10(13)11(6-9)18-2/h4-6,8,15,17H,3,7H2,1-2H3,(H2,14,16). The van der Waals surface area contributed by atoms with Crippen LogP contribution in [0.3, 0.4) is 0 Å². The topological polar surface area (TPSA) is 79.9 Å². The zero-order valence-electron chi connectivity index (χ0n) is 10.5. The fraction of sp³-hybridized carbons (Fsp3) is 0.417. The summed E-state index contributed by atoms with van der Waals surface area (Å²) in [6.07, 6.45) is 1.36. The molecule has 0 saturated carbocycles. The second kappa shape index (κ2) is 7.10. The minimum absolute atomic E-state index is 0.117. The van der Waals surface area contributed by atoms with Gasteiger partial charge in [0.25, 0.3) is 0 Å². The van der Waals surface area contributed by atoms with Crippen LogP contribution in [0.2, 0.25) is 0 Å². The number of amidine groups is 1. The van der Waals surface area contributed by atoms with Crippen LogP contribution in [0, 0.1) is 0 Å². The van der Waals surface area contributed by atoms with Crippen molar-refractivity contribution in [2.45, 2.75) is 25.8 Å². The number of rotatable bonds is 6. The first-order valence-corrected chi connectivity index (χ1v) is 6.46. The van der Waals surface area contributed by atoms with E-state index in [-0.39, 0.29) is 11.9 Å². The molecule has 1 atom stereocenters. The van der Waals surface area contributed by atoms with Gasteiger partial charge < -0.3 is 21.0 Å². The average Bonchev–Trinajstić information content (AvgIpc) is 2.39. The van der Waals surface area contributed by atoms with Crippen LogP contribution >= 0.6 is 15.9 Å². The molecule has 1 rings (SSSR count). The Bertz CT molecular complexity index is 424. The van der Waals surface area contributed by atoms with E-state index < -0.39 is 0 Å². The van der Waals surface area contributed by atoms with Crippen LogP contribution in [0.4, 0.5) is 5.69 Å². The number of hydrogen-bond acceptors (Lipinski definition) is 4. The van der Waals surface area contributed by atoms with Gasteiger partial charge in [0.1, 0.15) is 11.6 Å². The van der Waals surface area contributed by atoms with Crippen LogP contribution in [0.25, 0.3) is 0 Å². The van der Waals surface area contributed by atoms with Crippen LogP contribution in [0.15, 0.2) is 27.8 Å². The molecule has 1 aromatic rings. The van der Waals surface area contributed by atoms with Gasteiger partial charge in [0.15, 0.2) is 0 Å². The van der Waals surface area contributed by atoms with Gasteiger partial charge in [-0.1, -0.05) is 12.1 Å². The van der Waals surface area contributed by atoms with E-state index in [1.807, 2.05) is 25.1 Å². The summed E-state index contributed by atoms with van der Waals surface area (Å²) in [5, 5.41) is 14.9. The number of halogens is 1. The second-order valence-electron chi connectivity index (χ2n) is 3.89. The highest BCUT2D eigenvalue weighted by atomic mass is 79.9. The van der Waals surface area contributed by atoms with Crippen molar-refractivity contribution in [3.63, 3.8) is 0 Å². The first-order valence-electron chi connectivity index (χ1n) is 5.67. The highest BCUT2D eigenvalue weighted by molar-refractivity contribution is 9.10. The predicted molar refractivity (Wildman–Crippen MR) is 76.4 cm³/mol. The van der Waals surface area contributed by atoms with Gasteiger partial charge in [-0.15, -0.1) is 0 Å². The number of nitrogens with one attached hydrogen (secondary N) is 1. The van der Waals surface area contributed by atoms with Crippen molar-refractivity contribution in [3.05, 3.63) is 22.7 Å². The summed E-state index contributed by atoms with van der Waals surface area (Å²) in [5.41, 5.74) is 6.45. The summed E-state index contributed by atoms with van der Waals surface area (Å²) in [6.45, 7) is 2.04. The normalized spacial score (nSPS) is 13.2. The third-order valence-corrected chi connectivity index (χ3v) is 3.25. The van der Waals surface area contributed by atoms with Crippen molar-refractivity contribution in [1.82, 2.24) is 0 Å². The number of benzene rings is 1. The van der Waals surface area contributed by atoms with Gasteiger partial charge in [-0.2, -0.15) is 0 Å². The molecule has 0 aliphatic heterocycles. The first-order chi connectivity index (χ1) is 8.60. The minimum atomic E-state index is 0.117. The third kappa shape index (κ3) is 4.10. The summed E-state index contributed by atoms with van der Waals surface area (Å²) in [6, 6.07) is 5.88. The van der Waals surface area contributed by atoms with E-state index in [9.17, 15) is 0 Å². The Balaban J connectivity index is 2.75. The predicted octanol–water partition coefficient (Wildman–Crippen LogP) is 2.78. The van der Waals surface area contributed by atoms with Gasteiger partial charge in [0, 0.05) is 24.2 Å². The Morgan fingerprint density at radius 1 is 1.61 bits per heavy atom. The van der Waals surface area contributed by atoms with Gasteiger partial charge in [-0.05, 0) is 34.5 Å². The van der Waals surface area contributed by atoms with Crippen LogP contribution < -0.4 is 15.8 Å². The van der Waals surface area contributed by atoms with Gasteiger partial charge in [-0.25, -0.2) is 0 Å². The Morgan fingerprint density at radius 2 is 2.33 bits per heavy atom. The maximum Gasteiger partial charge on any atom is 0.141 e. The molecule has 5 nitrogen and oxygen atoms in total. The first kappa shape index (κ1) is 14.6. The molecule has 0 amide bonds. The van der Waals surface area contributed by atoms with Gasteiger partial charge in [-0.3, -0.25) is 0 Å². The molecule has 0 fully saturated rings. The number of nitrogens with zero attached hydrogens (tertiary/aromatic N) is 1. The lowest BCUT2D eigenvalue weighted by Crippen LogP contribution is -2.26. The average molecular weight is 316 g/mol. The van der Waals surface area contributed by atoms with Crippen molar-refractivity contribution in [1.29, 1.82) is 0 Å². The van der Waals surface area contributed by atoms with E-state index in [2.05, 4.69) is 26.4 Å². The molecule has 0 heterocycles. The molecule has 1 unspecified atom stereocenters. The van der Waals surface area contributed by atoms with E-state index in [0.717, 1.165) is 22.3 Å². The van der Waals surface area contributed by atoms with E-state index >= 15 is 0 Å². The molecule has 0 aliphatic rings. The minimum Gasteiger partial charge on any atom is -0.495 e. The highest BCUT2D eigenvalue weighted by Gasteiger charge is 2.10. The smallest absolute Gasteiger partial charge is 0.141 e. The SMILES string of the molecule is CCC(C/C(N)=N/O)Nc1ccc(Br)c(OC)c1. The number of nitrogens with two attached hydrogens (primary N) is 1. The molecule has 0 spiro atoms. The zero-order chi connectivity index (χ0) is 13.5. The molecule has 100 valence electrons. The Labute approximate surface area is 115 Å². The van der Waals surface area contributed by atoms with Gasteiger partial charge in [0.05, 0.1) is 11.6 Å². The summed E-state index contributed by atoms with van der Waals surface area (Å²) in [7, 11) is 1.62. The fourth-order valence-corrected chi connectivity index (χ4v) is 1.98. The van der Waals surface area contributed by atoms with Crippen LogP contribution in [0.5, 0.6) is 5.75 Å². The largest absolute Gasteiger partial charge is 0.495 e. The monoisotopic (exact) mass is 315 g/mol. The van der Waals surface area contributed by atoms with Crippen molar-refractivity contribution in [2.75, 3.05) is 12.4 Å². The molecule has 6 heteroatoms. The quantitative estimate of drug-likeness (QED) is 0.326. The van der Waals surface area contributed by atoms with Crippen molar-refractivity contribution in [2.24, 2.45) is 10.9 Å². The van der Waals surface area contributed by atoms with Gasteiger partial charge in [0.2, 0.25) is 0 Å². The van der Waals surface area contributed by atoms with Crippen molar-refractivity contribution < 1.29 is 9.94 Å². The van der Waals surface area contributed by atoms with Gasteiger partial charge >= 0.3 is 0 Å². The van der Waals surface area contributed by atoms with Crippen LogP contribution in [-0.4, -0.2) is 24.2 Å². The number of hydrogen-bond donors (Lipinski definition) is 3. The number of ether oxygens (including phenoxy) is 1. The van der Waals surface area contributed by atoms with E-state index in [1.165, 1.54) is 0 Å². The number of methoxy groups -OCH3 is 1. The summed E-state index contributed by atoms with van der Waals surface area (Å²) >= 11 is 3.40. The second-order valence-corrected chi connectivity index (χ2v) is 4.75. The molecule has 1 aromatic carbocycles. The Morgan fingerprint density at radius 3 is 2.89 bits per heavy atom. The maximum atomic E-state index is 8.57. The third-order valence-electron chi connectivity index (χ3n) is 2.60. The van der Waals surface area contributed by atoms with E-state index in [1.54, 1.807) is 7.11 Å². The summed E-state index contributed by atoms with van der Waals surface area (Å²) < 4.78 is 6.13. The molecule has 4 N–H and O–H groups in total. The van der Waals surface area contributed by atoms with E-state index in [0.29, 0.717) is 6.42 Å². The fourth-order valence-electron chi connectivity index (χ4n) is 1.58. The van der Waals surface area contributed by atoms with Crippen molar-refractivity contribution >= 4 is 27.5 Å². The Hall–Kier alpha value is -1.43. The van der Waals surface area contributed by atoms with Crippen LogP contribution in [0.1, 0.15) is 19.8 Å². The molecule has 18 heavy (non-hydrogen) atoms. The lowest BCUT2D eigenvalue weighted by atomic mass is 10.1. The number of oxime groups is 1. The highest BCUT2D eigenvalue weighted by Crippen LogP contribution is 2.28. The van der Waals surface area contributed by atoms with E-state index in [4.69, 9.17) is 15.7 Å². The maximum absolute atomic E-state index is 8.57. The lowest BCUT2D eigenvalue weighted by molar-refractivity contribution is 0.316. The summed E-state index contributed by atoms with van der Waals surface area (Å²) in [4.78, 5) is 0. The van der Waals surface area contributed by atoms with Crippen LogP contribution in [-0.2, 0) is 0 Å². The molecule has 0 aliphatic carbocycles. The molecule has 0 aromatic heterocycles. The van der Waals surface area contributed by atoms with Crippen molar-refractivity contribution in [3.8, 4) is 5.75 Å². The molecular weight excluding hydrogens is 298 g/mol. The number of anilines is 1. The molecule has 0 bridgehead atoms. The summed E-state index contributed by atoms with van der Waals surface area (Å²) in [5.74, 6) is 0.983. The lowest BCUT2D eigenvalue weighted by Gasteiger charge is -2.18. The Kier molecular flexibility index (Phi) is 5.77. The molecule has 0 radical (unpaired) electrons. The zero-order valence-corrected chi connectivity index (χ0v) is 12.1.